The minimum Gasteiger partial charge on any atom is -0.365 e. The molecule has 0 aliphatic heterocycles. The van der Waals surface area contributed by atoms with Gasteiger partial charge in [-0.2, -0.15) is 0 Å². The molecule has 0 aliphatic carbocycles. The lowest BCUT2D eigenvalue weighted by atomic mass is 10.2. The maximum atomic E-state index is 5.60. The first-order chi connectivity index (χ1) is 6.67. The summed E-state index contributed by atoms with van der Waals surface area (Å²) in [5.41, 5.74) is 5.60. The van der Waals surface area contributed by atoms with E-state index in [4.69, 9.17) is 5.73 Å². The van der Waals surface area contributed by atoms with Gasteiger partial charge in [-0.05, 0) is 44.3 Å². The van der Waals surface area contributed by atoms with Crippen LogP contribution in [0.1, 0.15) is 13.3 Å². The van der Waals surface area contributed by atoms with Crippen LogP contribution in [0.5, 0.6) is 0 Å². The average molecular weight is 323 g/mol. The summed E-state index contributed by atoms with van der Waals surface area (Å²) in [6, 6.07) is 2.23. The third-order valence-electron chi connectivity index (χ3n) is 1.93. The van der Waals surface area contributed by atoms with Gasteiger partial charge in [-0.15, -0.1) is 0 Å². The van der Waals surface area contributed by atoms with Crippen LogP contribution < -0.4 is 11.1 Å². The van der Waals surface area contributed by atoms with E-state index in [1.807, 2.05) is 6.07 Å². The van der Waals surface area contributed by atoms with Crippen LogP contribution in [0.25, 0.3) is 0 Å². The molecule has 5 heteroatoms. The van der Waals surface area contributed by atoms with Gasteiger partial charge in [0.25, 0.3) is 0 Å². The molecule has 1 rings (SSSR count). The Bertz CT molecular complexity index is 300. The summed E-state index contributed by atoms with van der Waals surface area (Å²) in [7, 11) is 0. The summed E-state index contributed by atoms with van der Waals surface area (Å²) < 4.78 is 1.90. The molecule has 1 heterocycles. The van der Waals surface area contributed by atoms with Crippen molar-refractivity contribution < 1.29 is 0 Å². The molecule has 14 heavy (non-hydrogen) atoms. The highest BCUT2D eigenvalue weighted by Crippen LogP contribution is 2.24. The largest absolute Gasteiger partial charge is 0.365 e. The first kappa shape index (κ1) is 11.9. The minimum absolute atomic E-state index is 0.278. The van der Waals surface area contributed by atoms with E-state index < -0.39 is 0 Å². The van der Waals surface area contributed by atoms with Crippen molar-refractivity contribution in [3.05, 3.63) is 21.2 Å². The molecule has 0 amide bonds. The van der Waals surface area contributed by atoms with E-state index in [2.05, 4.69) is 49.1 Å². The zero-order valence-corrected chi connectivity index (χ0v) is 11.1. The Labute approximate surface area is 101 Å². The van der Waals surface area contributed by atoms with Gasteiger partial charge >= 0.3 is 0 Å². The summed E-state index contributed by atoms with van der Waals surface area (Å²) in [6.45, 7) is 2.71. The second-order valence-corrected chi connectivity index (χ2v) is 4.74. The number of anilines is 1. The molecular formula is C9H13Br2N3. The molecule has 3 nitrogen and oxygen atoms in total. The number of nitrogens with zero attached hydrogens (tertiary/aromatic N) is 1. The van der Waals surface area contributed by atoms with E-state index >= 15 is 0 Å². The number of rotatable bonds is 4. The normalized spacial score (nSPS) is 12.6. The SMILES string of the molecule is CCC(CN)Nc1ncc(Br)cc1Br. The number of aromatic nitrogens is 1. The van der Waals surface area contributed by atoms with Gasteiger partial charge in [0.1, 0.15) is 5.82 Å². The molecule has 0 fully saturated rings. The minimum atomic E-state index is 0.278. The molecule has 1 aromatic rings. The zero-order chi connectivity index (χ0) is 10.6. The lowest BCUT2D eigenvalue weighted by Crippen LogP contribution is -2.28. The quantitative estimate of drug-likeness (QED) is 0.896. The Morgan fingerprint density at radius 3 is 2.79 bits per heavy atom. The van der Waals surface area contributed by atoms with Crippen molar-refractivity contribution in [2.45, 2.75) is 19.4 Å². The molecule has 0 radical (unpaired) electrons. The van der Waals surface area contributed by atoms with Gasteiger partial charge in [0, 0.05) is 23.3 Å². The standard InChI is InChI=1S/C9H13Br2N3/c1-2-7(4-12)14-9-8(11)3-6(10)5-13-9/h3,5,7H,2,4,12H2,1H3,(H,13,14). The molecule has 1 unspecified atom stereocenters. The summed E-state index contributed by atoms with van der Waals surface area (Å²) in [5.74, 6) is 0.838. The topological polar surface area (TPSA) is 50.9 Å². The Kier molecular flexibility index (Phi) is 4.84. The monoisotopic (exact) mass is 321 g/mol. The van der Waals surface area contributed by atoms with Gasteiger partial charge < -0.3 is 11.1 Å². The van der Waals surface area contributed by atoms with Crippen LogP contribution in [0.2, 0.25) is 0 Å². The fraction of sp³-hybridized carbons (Fsp3) is 0.444. The molecular weight excluding hydrogens is 310 g/mol. The molecule has 0 bridgehead atoms. The van der Waals surface area contributed by atoms with Crippen molar-refractivity contribution in [1.29, 1.82) is 0 Å². The predicted octanol–water partition coefficient (Wildman–Crippen LogP) is 2.76. The molecule has 1 atom stereocenters. The maximum absolute atomic E-state index is 5.60. The van der Waals surface area contributed by atoms with Crippen molar-refractivity contribution in [2.75, 3.05) is 11.9 Å². The Balaban J connectivity index is 2.76. The number of hydrogen-bond acceptors (Lipinski definition) is 3. The molecule has 3 N–H and O–H groups in total. The van der Waals surface area contributed by atoms with Gasteiger partial charge in [-0.25, -0.2) is 4.98 Å². The van der Waals surface area contributed by atoms with Crippen molar-refractivity contribution in [2.24, 2.45) is 5.73 Å². The average Bonchev–Trinajstić information content (AvgIpc) is 2.17. The van der Waals surface area contributed by atoms with Crippen LogP contribution in [-0.2, 0) is 0 Å². The Morgan fingerprint density at radius 2 is 2.29 bits per heavy atom. The molecule has 1 aromatic heterocycles. The lowest BCUT2D eigenvalue weighted by molar-refractivity contribution is 0.699. The second kappa shape index (κ2) is 5.68. The first-order valence-electron chi connectivity index (χ1n) is 4.45. The first-order valence-corrected chi connectivity index (χ1v) is 6.03. The smallest absolute Gasteiger partial charge is 0.140 e. The van der Waals surface area contributed by atoms with Gasteiger partial charge in [-0.3, -0.25) is 0 Å². The van der Waals surface area contributed by atoms with Crippen molar-refractivity contribution in [3.63, 3.8) is 0 Å². The lowest BCUT2D eigenvalue weighted by Gasteiger charge is -2.16. The van der Waals surface area contributed by atoms with Crippen molar-refractivity contribution >= 4 is 37.7 Å². The third kappa shape index (κ3) is 3.22. The number of nitrogens with one attached hydrogen (secondary N) is 1. The zero-order valence-electron chi connectivity index (χ0n) is 7.93. The van der Waals surface area contributed by atoms with Crippen LogP contribution >= 0.6 is 31.9 Å². The summed E-state index contributed by atoms with van der Waals surface area (Å²) in [5, 5.41) is 3.27. The molecule has 0 aliphatic rings. The highest BCUT2D eigenvalue weighted by molar-refractivity contribution is 9.11. The fourth-order valence-corrected chi connectivity index (χ4v) is 2.14. The highest BCUT2D eigenvalue weighted by atomic mass is 79.9. The third-order valence-corrected chi connectivity index (χ3v) is 2.96. The molecule has 0 saturated carbocycles. The van der Waals surface area contributed by atoms with Crippen molar-refractivity contribution in [3.8, 4) is 0 Å². The Morgan fingerprint density at radius 1 is 1.57 bits per heavy atom. The Hall–Kier alpha value is -0.130. The molecule has 78 valence electrons. The van der Waals surface area contributed by atoms with E-state index in [1.54, 1.807) is 6.20 Å². The van der Waals surface area contributed by atoms with Gasteiger partial charge in [0.15, 0.2) is 0 Å². The number of nitrogens with two attached hydrogens (primary N) is 1. The number of halogens is 2. The van der Waals surface area contributed by atoms with Gasteiger partial charge in [0.2, 0.25) is 0 Å². The predicted molar refractivity (Wildman–Crippen MR) is 66.4 cm³/mol. The fourth-order valence-electron chi connectivity index (χ4n) is 1.04. The summed E-state index contributed by atoms with van der Waals surface area (Å²) >= 11 is 6.79. The molecule has 0 spiro atoms. The molecule has 0 saturated heterocycles. The summed E-state index contributed by atoms with van der Waals surface area (Å²) in [4.78, 5) is 4.25. The highest BCUT2D eigenvalue weighted by Gasteiger charge is 2.07. The van der Waals surface area contributed by atoms with E-state index in [-0.39, 0.29) is 6.04 Å². The summed E-state index contributed by atoms with van der Waals surface area (Å²) in [6.07, 6.45) is 2.75. The van der Waals surface area contributed by atoms with Gasteiger partial charge in [-0.1, -0.05) is 6.92 Å². The van der Waals surface area contributed by atoms with Crippen LogP contribution in [0.3, 0.4) is 0 Å². The van der Waals surface area contributed by atoms with E-state index in [0.29, 0.717) is 6.54 Å². The maximum Gasteiger partial charge on any atom is 0.140 e. The van der Waals surface area contributed by atoms with Crippen LogP contribution in [0.4, 0.5) is 5.82 Å². The second-order valence-electron chi connectivity index (χ2n) is 2.97. The van der Waals surface area contributed by atoms with Crippen LogP contribution in [0, 0.1) is 0 Å². The van der Waals surface area contributed by atoms with E-state index in [9.17, 15) is 0 Å². The molecule has 0 aromatic carbocycles. The van der Waals surface area contributed by atoms with Crippen LogP contribution in [0.15, 0.2) is 21.2 Å². The number of pyridine rings is 1. The van der Waals surface area contributed by atoms with Crippen LogP contribution in [-0.4, -0.2) is 17.6 Å². The number of hydrogen-bond donors (Lipinski definition) is 2. The van der Waals surface area contributed by atoms with E-state index in [0.717, 1.165) is 21.2 Å². The van der Waals surface area contributed by atoms with E-state index in [1.165, 1.54) is 0 Å². The van der Waals surface area contributed by atoms with Crippen molar-refractivity contribution in [1.82, 2.24) is 4.98 Å². The van der Waals surface area contributed by atoms with Gasteiger partial charge in [0.05, 0.1) is 4.47 Å².